The highest BCUT2D eigenvalue weighted by Gasteiger charge is 2.36. The highest BCUT2D eigenvalue weighted by Crippen LogP contribution is 2.47. The maximum absolute atomic E-state index is 4.45. The predicted molar refractivity (Wildman–Crippen MR) is 59.1 cm³/mol. The zero-order valence-corrected chi connectivity index (χ0v) is 7.85. The molecule has 0 aromatic carbocycles. The van der Waals surface area contributed by atoms with E-state index in [0.717, 1.165) is 12.1 Å². The number of hydrogen-bond donors (Lipinski definition) is 0. The van der Waals surface area contributed by atoms with Crippen LogP contribution < -0.4 is 0 Å². The van der Waals surface area contributed by atoms with E-state index in [0.29, 0.717) is 0 Å². The summed E-state index contributed by atoms with van der Waals surface area (Å²) in [4.78, 5) is 4.45. The van der Waals surface area contributed by atoms with E-state index in [1.807, 2.05) is 6.21 Å². The molecule has 3 rings (SSSR count). The van der Waals surface area contributed by atoms with Crippen molar-refractivity contribution in [2.75, 3.05) is 0 Å². The summed E-state index contributed by atoms with van der Waals surface area (Å²) >= 11 is 0. The first-order valence-electron chi connectivity index (χ1n) is 4.90. The summed E-state index contributed by atoms with van der Waals surface area (Å²) in [6, 6.07) is 0. The van der Waals surface area contributed by atoms with Crippen LogP contribution in [0.25, 0.3) is 0 Å². The molecule has 14 heavy (non-hydrogen) atoms. The molecule has 0 fully saturated rings. The quantitative estimate of drug-likeness (QED) is 0.545. The van der Waals surface area contributed by atoms with Crippen molar-refractivity contribution in [2.45, 2.75) is 6.42 Å². The monoisotopic (exact) mass is 181 g/mol. The van der Waals surface area contributed by atoms with Gasteiger partial charge < -0.3 is 0 Å². The average Bonchev–Trinajstić information content (AvgIpc) is 2.26. The Kier molecular flexibility index (Phi) is 1.48. The Balaban J connectivity index is 2.22. The van der Waals surface area contributed by atoms with Crippen LogP contribution in [0.5, 0.6) is 0 Å². The van der Waals surface area contributed by atoms with Gasteiger partial charge in [0, 0.05) is 6.21 Å². The van der Waals surface area contributed by atoms with E-state index in [2.05, 4.69) is 53.6 Å². The molecular formula is C13H11N. The molecule has 0 bridgehead atoms. The van der Waals surface area contributed by atoms with Gasteiger partial charge in [-0.25, -0.2) is 0 Å². The summed E-state index contributed by atoms with van der Waals surface area (Å²) in [5.74, 6) is 0. The van der Waals surface area contributed by atoms with E-state index in [4.69, 9.17) is 0 Å². The number of aliphatic imine (C=N–C) groups is 1. The van der Waals surface area contributed by atoms with E-state index in [1.165, 1.54) is 5.57 Å². The van der Waals surface area contributed by atoms with Gasteiger partial charge in [-0.3, -0.25) is 4.99 Å². The predicted octanol–water partition coefficient (Wildman–Crippen LogP) is 2.95. The molecule has 1 nitrogen and oxygen atoms in total. The first-order valence-corrected chi connectivity index (χ1v) is 4.90. The van der Waals surface area contributed by atoms with Gasteiger partial charge in [0.2, 0.25) is 0 Å². The Morgan fingerprint density at radius 3 is 3.14 bits per heavy atom. The molecule has 3 aliphatic rings. The molecule has 0 radical (unpaired) electrons. The zero-order chi connectivity index (χ0) is 9.43. The Bertz CT molecular complexity index is 434. The van der Waals surface area contributed by atoms with E-state index in [-0.39, 0.29) is 5.41 Å². The minimum atomic E-state index is 0.0399. The molecule has 1 unspecified atom stereocenters. The van der Waals surface area contributed by atoms with Crippen molar-refractivity contribution in [1.29, 1.82) is 0 Å². The summed E-state index contributed by atoms with van der Waals surface area (Å²) in [5.41, 5.74) is 2.56. The molecule has 1 spiro atoms. The molecule has 0 N–H and O–H groups in total. The van der Waals surface area contributed by atoms with Crippen LogP contribution in [0, 0.1) is 5.41 Å². The Hall–Kier alpha value is -1.63. The molecule has 68 valence electrons. The topological polar surface area (TPSA) is 12.4 Å². The third kappa shape index (κ3) is 0.869. The van der Waals surface area contributed by atoms with Crippen LogP contribution >= 0.6 is 0 Å². The average molecular weight is 181 g/mol. The lowest BCUT2D eigenvalue weighted by Gasteiger charge is -2.36. The molecule has 1 heteroatoms. The number of dihydropyridines is 1. The fraction of sp³-hybridized carbons (Fsp3) is 0.154. The Morgan fingerprint density at radius 1 is 1.14 bits per heavy atom. The normalized spacial score (nSPS) is 32.0. The summed E-state index contributed by atoms with van der Waals surface area (Å²) in [5, 5.41) is 0. The van der Waals surface area contributed by atoms with Crippen LogP contribution in [-0.4, -0.2) is 6.21 Å². The molecule has 0 saturated heterocycles. The van der Waals surface area contributed by atoms with Crippen LogP contribution in [0.1, 0.15) is 6.42 Å². The summed E-state index contributed by atoms with van der Waals surface area (Å²) in [6.07, 6.45) is 20.1. The van der Waals surface area contributed by atoms with Gasteiger partial charge in [-0.05, 0) is 24.1 Å². The van der Waals surface area contributed by atoms with Gasteiger partial charge in [-0.2, -0.15) is 0 Å². The van der Waals surface area contributed by atoms with Crippen molar-refractivity contribution in [3.8, 4) is 0 Å². The van der Waals surface area contributed by atoms with Crippen molar-refractivity contribution in [1.82, 2.24) is 0 Å². The summed E-state index contributed by atoms with van der Waals surface area (Å²) < 4.78 is 0. The second-order valence-electron chi connectivity index (χ2n) is 3.77. The van der Waals surface area contributed by atoms with Crippen LogP contribution in [0.4, 0.5) is 0 Å². The third-order valence-corrected chi connectivity index (χ3v) is 3.04. The second-order valence-corrected chi connectivity index (χ2v) is 3.77. The van der Waals surface area contributed by atoms with E-state index < -0.39 is 0 Å². The van der Waals surface area contributed by atoms with Crippen molar-refractivity contribution in [3.63, 3.8) is 0 Å². The largest absolute Gasteiger partial charge is 0.260 e. The lowest BCUT2D eigenvalue weighted by molar-refractivity contribution is 0.550. The number of nitrogens with zero attached hydrogens (tertiary/aromatic N) is 1. The van der Waals surface area contributed by atoms with Gasteiger partial charge in [0.05, 0.1) is 11.1 Å². The van der Waals surface area contributed by atoms with E-state index in [1.54, 1.807) is 0 Å². The zero-order valence-electron chi connectivity index (χ0n) is 7.85. The van der Waals surface area contributed by atoms with Crippen LogP contribution in [0.15, 0.2) is 64.9 Å². The lowest BCUT2D eigenvalue weighted by Crippen LogP contribution is -2.26. The van der Waals surface area contributed by atoms with Crippen molar-refractivity contribution in [3.05, 3.63) is 59.9 Å². The number of rotatable bonds is 0. The molecule has 0 aromatic heterocycles. The van der Waals surface area contributed by atoms with Crippen molar-refractivity contribution < 1.29 is 0 Å². The molecule has 1 atom stereocenters. The number of allylic oxidation sites excluding steroid dienone is 8. The Morgan fingerprint density at radius 2 is 2.14 bits per heavy atom. The van der Waals surface area contributed by atoms with Crippen LogP contribution in [0.3, 0.4) is 0 Å². The molecule has 0 saturated carbocycles. The molecule has 0 amide bonds. The fourth-order valence-corrected chi connectivity index (χ4v) is 2.27. The second kappa shape index (κ2) is 2.68. The van der Waals surface area contributed by atoms with Crippen molar-refractivity contribution >= 4 is 6.21 Å². The molecule has 0 aromatic rings. The standard InChI is InChI=1S/C13H11N/c1-3-8-13-9-4-2-6-12(13)14-10-7-11(13)5-1/h1-8,10H,9H2. The summed E-state index contributed by atoms with van der Waals surface area (Å²) in [7, 11) is 0. The third-order valence-electron chi connectivity index (χ3n) is 3.04. The van der Waals surface area contributed by atoms with Gasteiger partial charge >= 0.3 is 0 Å². The van der Waals surface area contributed by atoms with Gasteiger partial charge in [0.25, 0.3) is 0 Å². The smallest absolute Gasteiger partial charge is 0.0592 e. The van der Waals surface area contributed by atoms with Crippen LogP contribution in [0.2, 0.25) is 0 Å². The maximum Gasteiger partial charge on any atom is 0.0592 e. The van der Waals surface area contributed by atoms with E-state index in [9.17, 15) is 0 Å². The first kappa shape index (κ1) is 7.74. The van der Waals surface area contributed by atoms with Crippen molar-refractivity contribution in [2.24, 2.45) is 10.4 Å². The SMILES string of the molecule is C1=CCC23C=CC=CC2=CC=NC3=C1. The molecular weight excluding hydrogens is 170 g/mol. The highest BCUT2D eigenvalue weighted by molar-refractivity contribution is 5.79. The fourth-order valence-electron chi connectivity index (χ4n) is 2.27. The minimum absolute atomic E-state index is 0.0399. The van der Waals surface area contributed by atoms with Gasteiger partial charge in [-0.1, -0.05) is 36.5 Å². The molecule has 1 aliphatic heterocycles. The molecule has 1 heterocycles. The minimum Gasteiger partial charge on any atom is -0.260 e. The lowest BCUT2D eigenvalue weighted by atomic mass is 9.69. The highest BCUT2D eigenvalue weighted by atomic mass is 14.8. The Labute approximate surface area is 83.5 Å². The first-order chi connectivity index (χ1) is 6.92. The number of hydrogen-bond acceptors (Lipinski definition) is 1. The van der Waals surface area contributed by atoms with Gasteiger partial charge in [0.1, 0.15) is 0 Å². The van der Waals surface area contributed by atoms with Gasteiger partial charge in [0.15, 0.2) is 0 Å². The maximum atomic E-state index is 4.45. The summed E-state index contributed by atoms with van der Waals surface area (Å²) in [6.45, 7) is 0. The van der Waals surface area contributed by atoms with Crippen LogP contribution in [-0.2, 0) is 0 Å². The van der Waals surface area contributed by atoms with E-state index >= 15 is 0 Å². The molecule has 2 aliphatic carbocycles. The van der Waals surface area contributed by atoms with Gasteiger partial charge in [-0.15, -0.1) is 0 Å².